The molecule has 0 aliphatic rings. The Morgan fingerprint density at radius 2 is 2.18 bits per heavy atom. The van der Waals surface area contributed by atoms with Crippen LogP contribution < -0.4 is 0 Å². The molecule has 0 amide bonds. The van der Waals surface area contributed by atoms with Crippen molar-refractivity contribution in [3.8, 4) is 0 Å². The Bertz CT molecular complexity index is 550. The second-order valence-electron chi connectivity index (χ2n) is 3.89. The second-order valence-corrected chi connectivity index (χ2v) is 3.89. The number of carboxylic acids is 1. The Hall–Kier alpha value is -1.88. The number of benzene rings is 1. The molecule has 1 atom stereocenters. The van der Waals surface area contributed by atoms with E-state index in [4.69, 9.17) is 5.11 Å². The average molecular weight is 237 g/mol. The first-order chi connectivity index (χ1) is 8.08. The first-order valence-electron chi connectivity index (χ1n) is 5.21. The number of fused-ring (bicyclic) bond motifs is 1. The van der Waals surface area contributed by atoms with Gasteiger partial charge in [-0.1, -0.05) is 6.07 Å². The Kier molecular flexibility index (Phi) is 3.10. The smallest absolute Gasteiger partial charge is 0.306 e. The molecule has 1 aromatic heterocycles. The molecule has 0 bridgehead atoms. The summed E-state index contributed by atoms with van der Waals surface area (Å²) >= 11 is 0. The number of aliphatic carboxylic acids is 1. The van der Waals surface area contributed by atoms with Crippen LogP contribution in [-0.2, 0) is 11.3 Å². The van der Waals surface area contributed by atoms with Crippen LogP contribution in [0.5, 0.6) is 0 Å². The van der Waals surface area contributed by atoms with E-state index in [0.29, 0.717) is 10.9 Å². The molecule has 5 heteroatoms. The average Bonchev–Trinajstić information content (AvgIpc) is 2.62. The van der Waals surface area contributed by atoms with Gasteiger partial charge in [-0.25, -0.2) is 4.39 Å². The first kappa shape index (κ1) is 11.6. The highest BCUT2D eigenvalue weighted by atomic mass is 19.1. The minimum Gasteiger partial charge on any atom is -0.481 e. The van der Waals surface area contributed by atoms with Crippen molar-refractivity contribution in [2.75, 3.05) is 0 Å². The lowest BCUT2D eigenvalue weighted by molar-refractivity contribution is -0.139. The second kappa shape index (κ2) is 4.55. The van der Waals surface area contributed by atoms with E-state index >= 15 is 0 Å². The number of nitrogens with zero attached hydrogens (tertiary/aromatic N) is 1. The molecule has 4 nitrogen and oxygen atoms in total. The predicted octanol–water partition coefficient (Wildman–Crippen LogP) is 1.62. The van der Waals surface area contributed by atoms with Crippen LogP contribution in [0.1, 0.15) is 6.42 Å². The fourth-order valence-corrected chi connectivity index (χ4v) is 1.84. The lowest BCUT2D eigenvalue weighted by atomic mass is 10.2. The highest BCUT2D eigenvalue weighted by Gasteiger charge is 2.12. The number of carboxylic acid groups (broad SMARTS) is 1. The molecule has 2 rings (SSSR count). The Balaban J connectivity index is 2.25. The molecule has 0 radical (unpaired) electrons. The van der Waals surface area contributed by atoms with E-state index in [2.05, 4.69) is 0 Å². The highest BCUT2D eigenvalue weighted by molar-refractivity contribution is 5.80. The molecule has 1 aromatic carbocycles. The summed E-state index contributed by atoms with van der Waals surface area (Å²) in [7, 11) is 0. The zero-order chi connectivity index (χ0) is 12.4. The number of hydrogen-bond acceptors (Lipinski definition) is 2. The third-order valence-electron chi connectivity index (χ3n) is 2.58. The molecule has 90 valence electrons. The fraction of sp³-hybridized carbons (Fsp3) is 0.250. The third-order valence-corrected chi connectivity index (χ3v) is 2.58. The fourth-order valence-electron chi connectivity index (χ4n) is 1.84. The van der Waals surface area contributed by atoms with Crippen LogP contribution >= 0.6 is 0 Å². The lowest BCUT2D eigenvalue weighted by Gasteiger charge is -2.10. The minimum atomic E-state index is -1.06. The van der Waals surface area contributed by atoms with Crippen LogP contribution in [0.3, 0.4) is 0 Å². The van der Waals surface area contributed by atoms with Crippen molar-refractivity contribution >= 4 is 16.9 Å². The van der Waals surface area contributed by atoms with E-state index in [1.165, 1.54) is 6.07 Å². The summed E-state index contributed by atoms with van der Waals surface area (Å²) in [6.07, 6.45) is 0.333. The van der Waals surface area contributed by atoms with Crippen LogP contribution in [0.2, 0.25) is 0 Å². The zero-order valence-corrected chi connectivity index (χ0v) is 9.01. The summed E-state index contributed by atoms with van der Waals surface area (Å²) in [5.41, 5.74) is 0.648. The third kappa shape index (κ3) is 2.45. The molecule has 1 heterocycles. The quantitative estimate of drug-likeness (QED) is 0.849. The van der Waals surface area contributed by atoms with Gasteiger partial charge >= 0.3 is 5.97 Å². The van der Waals surface area contributed by atoms with Gasteiger partial charge in [0.15, 0.2) is 0 Å². The van der Waals surface area contributed by atoms with Gasteiger partial charge in [0.05, 0.1) is 18.0 Å². The van der Waals surface area contributed by atoms with E-state index in [1.54, 1.807) is 29.0 Å². The summed E-state index contributed by atoms with van der Waals surface area (Å²) in [6.45, 7) is 0.138. The number of aliphatic hydroxyl groups is 1. The van der Waals surface area contributed by atoms with E-state index < -0.39 is 12.1 Å². The molecule has 0 aliphatic heterocycles. The Morgan fingerprint density at radius 1 is 1.41 bits per heavy atom. The molecule has 17 heavy (non-hydrogen) atoms. The summed E-state index contributed by atoms with van der Waals surface area (Å²) in [6, 6.07) is 6.28. The standard InChI is InChI=1S/C12H12FNO3/c13-10-2-1-3-11-9(10)4-5-14(11)7-8(15)6-12(16)17/h1-5,8,15H,6-7H2,(H,16,17). The molecule has 1 unspecified atom stereocenters. The van der Waals surface area contributed by atoms with Crippen molar-refractivity contribution in [3.63, 3.8) is 0 Å². The molecular formula is C12H12FNO3. The lowest BCUT2D eigenvalue weighted by Crippen LogP contribution is -2.19. The van der Waals surface area contributed by atoms with Gasteiger partial charge in [-0.2, -0.15) is 0 Å². The molecule has 0 aliphatic carbocycles. The summed E-state index contributed by atoms with van der Waals surface area (Å²) < 4.78 is 15.0. The van der Waals surface area contributed by atoms with Gasteiger partial charge in [-0.15, -0.1) is 0 Å². The van der Waals surface area contributed by atoms with E-state index in [-0.39, 0.29) is 18.8 Å². The molecule has 0 saturated carbocycles. The van der Waals surface area contributed by atoms with E-state index in [0.717, 1.165) is 0 Å². The van der Waals surface area contributed by atoms with E-state index in [9.17, 15) is 14.3 Å². The summed E-state index contributed by atoms with van der Waals surface area (Å²) in [4.78, 5) is 10.4. The van der Waals surface area contributed by atoms with Crippen molar-refractivity contribution in [1.82, 2.24) is 4.57 Å². The van der Waals surface area contributed by atoms with Crippen molar-refractivity contribution < 1.29 is 19.4 Å². The van der Waals surface area contributed by atoms with Gasteiger partial charge in [0.2, 0.25) is 0 Å². The summed E-state index contributed by atoms with van der Waals surface area (Å²) in [5, 5.41) is 18.5. The Labute approximate surface area is 96.9 Å². The van der Waals surface area contributed by atoms with Crippen molar-refractivity contribution in [1.29, 1.82) is 0 Å². The number of halogens is 1. The monoisotopic (exact) mass is 237 g/mol. The number of carbonyl (C=O) groups is 1. The largest absolute Gasteiger partial charge is 0.481 e. The molecular weight excluding hydrogens is 225 g/mol. The van der Waals surface area contributed by atoms with Gasteiger partial charge < -0.3 is 14.8 Å². The van der Waals surface area contributed by atoms with Crippen LogP contribution in [0, 0.1) is 5.82 Å². The van der Waals surface area contributed by atoms with Crippen molar-refractivity contribution in [2.45, 2.75) is 19.1 Å². The highest BCUT2D eigenvalue weighted by Crippen LogP contribution is 2.19. The SMILES string of the molecule is O=C(O)CC(O)Cn1ccc2c(F)cccc21. The van der Waals surface area contributed by atoms with Gasteiger partial charge in [-0.05, 0) is 18.2 Å². The summed E-state index contributed by atoms with van der Waals surface area (Å²) in [5.74, 6) is -1.38. The molecule has 0 fully saturated rings. The minimum absolute atomic E-state index is 0.138. The van der Waals surface area contributed by atoms with E-state index in [1.807, 2.05) is 0 Å². The molecule has 0 spiro atoms. The van der Waals surface area contributed by atoms with Gasteiger partial charge in [-0.3, -0.25) is 4.79 Å². The number of aliphatic hydroxyl groups excluding tert-OH is 1. The number of rotatable bonds is 4. The van der Waals surface area contributed by atoms with Gasteiger partial charge in [0, 0.05) is 18.1 Å². The topological polar surface area (TPSA) is 62.5 Å². The molecule has 2 N–H and O–H groups in total. The molecule has 0 saturated heterocycles. The van der Waals surface area contributed by atoms with Crippen LogP contribution in [0.4, 0.5) is 4.39 Å². The Morgan fingerprint density at radius 3 is 2.88 bits per heavy atom. The number of aromatic nitrogens is 1. The maximum absolute atomic E-state index is 13.4. The maximum atomic E-state index is 13.4. The normalized spacial score (nSPS) is 12.8. The maximum Gasteiger partial charge on any atom is 0.306 e. The first-order valence-corrected chi connectivity index (χ1v) is 5.21. The van der Waals surface area contributed by atoms with Crippen LogP contribution in [0.25, 0.3) is 10.9 Å². The van der Waals surface area contributed by atoms with Crippen molar-refractivity contribution in [3.05, 3.63) is 36.3 Å². The molecule has 2 aromatic rings. The number of hydrogen-bond donors (Lipinski definition) is 2. The zero-order valence-electron chi connectivity index (χ0n) is 9.01. The van der Waals surface area contributed by atoms with Gasteiger partial charge in [0.1, 0.15) is 5.82 Å². The van der Waals surface area contributed by atoms with Crippen LogP contribution in [0.15, 0.2) is 30.5 Å². The predicted molar refractivity (Wildman–Crippen MR) is 60.2 cm³/mol. The van der Waals surface area contributed by atoms with Crippen molar-refractivity contribution in [2.24, 2.45) is 0 Å². The van der Waals surface area contributed by atoms with Crippen LogP contribution in [-0.4, -0.2) is 26.9 Å². The van der Waals surface area contributed by atoms with Gasteiger partial charge in [0.25, 0.3) is 0 Å².